The third-order valence-corrected chi connectivity index (χ3v) is 5.28. The van der Waals surface area contributed by atoms with Crippen molar-refractivity contribution in [3.63, 3.8) is 0 Å². The summed E-state index contributed by atoms with van der Waals surface area (Å²) in [6.45, 7) is 1.24. The van der Waals surface area contributed by atoms with Gasteiger partial charge in [0.25, 0.3) is 0 Å². The molecule has 1 aromatic carbocycles. The number of nitrogens with zero attached hydrogens (tertiary/aromatic N) is 2. The van der Waals surface area contributed by atoms with Crippen LogP contribution in [0.5, 0.6) is 0 Å². The Kier molecular flexibility index (Phi) is 5.52. The second-order valence-corrected chi connectivity index (χ2v) is 7.01. The minimum Gasteiger partial charge on any atom is -0.377 e. The fraction of sp³-hybridized carbons (Fsp3) is 0.579. The van der Waals surface area contributed by atoms with Crippen LogP contribution in [-0.2, 0) is 4.79 Å². The van der Waals surface area contributed by atoms with Crippen LogP contribution in [0.1, 0.15) is 50.5 Å². The Morgan fingerprint density at radius 2 is 1.68 bits per heavy atom. The number of carbonyl (C=O) groups excluding carboxylic acids is 1. The highest BCUT2D eigenvalue weighted by atomic mass is 19.1. The number of nitriles is 1. The Hall–Kier alpha value is -2.16. The quantitative estimate of drug-likeness (QED) is 0.904. The van der Waals surface area contributed by atoms with E-state index in [1.807, 2.05) is 4.90 Å². The molecule has 2 aliphatic rings. The second-order valence-electron chi connectivity index (χ2n) is 7.01. The smallest absolute Gasteiger partial charge is 0.225 e. The van der Waals surface area contributed by atoms with Gasteiger partial charge in [0.2, 0.25) is 5.91 Å². The van der Waals surface area contributed by atoms with Gasteiger partial charge in [-0.3, -0.25) is 4.79 Å². The van der Waals surface area contributed by atoms with Crippen molar-refractivity contribution in [3.8, 4) is 6.07 Å². The molecule has 1 amide bonds. The number of rotatable bonds is 3. The minimum absolute atomic E-state index is 0.0338. The molecule has 0 atom stereocenters. The van der Waals surface area contributed by atoms with Crippen molar-refractivity contribution in [3.05, 3.63) is 29.3 Å². The largest absolute Gasteiger partial charge is 0.377 e. The summed E-state index contributed by atoms with van der Waals surface area (Å²) in [5.74, 6) is -1.10. The standard InChI is InChI=1S/C19H23F2N3O/c20-16-10-13(12-22)11-17(21)18(16)23-15-6-8-24(9-7-15)19(25)14-4-2-1-3-5-14/h10-11,14-15,23H,1-9H2. The number of hydrogen-bond acceptors (Lipinski definition) is 3. The summed E-state index contributed by atoms with van der Waals surface area (Å²) < 4.78 is 28.0. The summed E-state index contributed by atoms with van der Waals surface area (Å²) in [4.78, 5) is 14.5. The first-order valence-corrected chi connectivity index (χ1v) is 9.03. The van der Waals surface area contributed by atoms with Gasteiger partial charge in [0, 0.05) is 25.0 Å². The molecule has 6 heteroatoms. The average molecular weight is 347 g/mol. The third kappa shape index (κ3) is 4.09. The molecule has 1 aliphatic heterocycles. The summed E-state index contributed by atoms with van der Waals surface area (Å²) >= 11 is 0. The lowest BCUT2D eigenvalue weighted by Crippen LogP contribution is -2.45. The first-order valence-electron chi connectivity index (χ1n) is 9.03. The topological polar surface area (TPSA) is 56.1 Å². The van der Waals surface area contributed by atoms with E-state index >= 15 is 0 Å². The van der Waals surface area contributed by atoms with Gasteiger partial charge in [0.15, 0.2) is 11.6 Å². The molecule has 0 bridgehead atoms. The maximum absolute atomic E-state index is 14.0. The number of anilines is 1. The van der Waals surface area contributed by atoms with Gasteiger partial charge in [0.1, 0.15) is 5.69 Å². The SMILES string of the molecule is N#Cc1cc(F)c(NC2CCN(C(=O)C3CCCCC3)CC2)c(F)c1. The monoisotopic (exact) mass is 347 g/mol. The van der Waals surface area contributed by atoms with Crippen LogP contribution in [0.15, 0.2) is 12.1 Å². The van der Waals surface area contributed by atoms with Crippen molar-refractivity contribution in [2.24, 2.45) is 5.92 Å². The lowest BCUT2D eigenvalue weighted by Gasteiger charge is -2.35. The van der Waals surface area contributed by atoms with Crippen molar-refractivity contribution in [2.75, 3.05) is 18.4 Å². The lowest BCUT2D eigenvalue weighted by atomic mass is 9.87. The molecule has 1 heterocycles. The second kappa shape index (κ2) is 7.81. The van der Waals surface area contributed by atoms with Crippen LogP contribution in [0, 0.1) is 28.9 Å². The predicted octanol–water partition coefficient (Wildman–Crippen LogP) is 3.82. The third-order valence-electron chi connectivity index (χ3n) is 5.28. The number of hydrogen-bond donors (Lipinski definition) is 1. The van der Waals surface area contributed by atoms with Gasteiger partial charge in [-0.1, -0.05) is 19.3 Å². The molecule has 1 saturated heterocycles. The van der Waals surface area contributed by atoms with Crippen molar-refractivity contribution in [1.29, 1.82) is 5.26 Å². The number of halogens is 2. The Bertz CT molecular complexity index is 649. The van der Waals surface area contributed by atoms with E-state index in [0.29, 0.717) is 25.9 Å². The maximum atomic E-state index is 14.0. The molecule has 4 nitrogen and oxygen atoms in total. The van der Waals surface area contributed by atoms with Crippen molar-refractivity contribution >= 4 is 11.6 Å². The molecule has 1 N–H and O–H groups in total. The number of piperidine rings is 1. The molecule has 0 unspecified atom stereocenters. The molecule has 3 rings (SSSR count). The van der Waals surface area contributed by atoms with Gasteiger partial charge in [-0.05, 0) is 37.8 Å². The normalized spacial score (nSPS) is 19.5. The fourth-order valence-electron chi connectivity index (χ4n) is 3.83. The van der Waals surface area contributed by atoms with Crippen LogP contribution < -0.4 is 5.32 Å². The zero-order chi connectivity index (χ0) is 17.8. The van der Waals surface area contributed by atoms with Gasteiger partial charge < -0.3 is 10.2 Å². The number of nitrogens with one attached hydrogen (secondary N) is 1. The molecular formula is C19H23F2N3O. The minimum atomic E-state index is -0.753. The highest BCUT2D eigenvalue weighted by molar-refractivity contribution is 5.79. The summed E-state index contributed by atoms with van der Waals surface area (Å²) in [5, 5.41) is 11.7. The molecule has 1 aromatic rings. The first kappa shape index (κ1) is 17.7. The molecule has 0 aromatic heterocycles. The van der Waals surface area contributed by atoms with Crippen LogP contribution in [0.2, 0.25) is 0 Å². The van der Waals surface area contributed by atoms with E-state index in [1.54, 1.807) is 6.07 Å². The van der Waals surface area contributed by atoms with E-state index in [9.17, 15) is 13.6 Å². The van der Waals surface area contributed by atoms with Crippen LogP contribution in [0.25, 0.3) is 0 Å². The molecule has 2 fully saturated rings. The molecule has 25 heavy (non-hydrogen) atoms. The molecule has 0 radical (unpaired) electrons. The Morgan fingerprint density at radius 3 is 2.24 bits per heavy atom. The zero-order valence-corrected chi connectivity index (χ0v) is 14.2. The van der Waals surface area contributed by atoms with Crippen LogP contribution in [-0.4, -0.2) is 29.9 Å². The molecule has 1 saturated carbocycles. The van der Waals surface area contributed by atoms with Gasteiger partial charge in [-0.25, -0.2) is 8.78 Å². The summed E-state index contributed by atoms with van der Waals surface area (Å²) in [6, 6.07) is 3.73. The number of amides is 1. The van der Waals surface area contributed by atoms with Crippen molar-refractivity contribution in [1.82, 2.24) is 4.90 Å². The predicted molar refractivity (Wildman–Crippen MR) is 90.9 cm³/mol. The number of carbonyl (C=O) groups is 1. The molecule has 134 valence electrons. The summed E-state index contributed by atoms with van der Waals surface area (Å²) in [5.41, 5.74) is -0.218. The van der Waals surface area contributed by atoms with Gasteiger partial charge in [0.05, 0.1) is 11.6 Å². The van der Waals surface area contributed by atoms with E-state index < -0.39 is 11.6 Å². The summed E-state index contributed by atoms with van der Waals surface area (Å²) in [6.07, 6.45) is 6.78. The van der Waals surface area contributed by atoms with Gasteiger partial charge >= 0.3 is 0 Å². The first-order chi connectivity index (χ1) is 12.1. The van der Waals surface area contributed by atoms with Crippen molar-refractivity contribution < 1.29 is 13.6 Å². The Morgan fingerprint density at radius 1 is 1.08 bits per heavy atom. The summed E-state index contributed by atoms with van der Waals surface area (Å²) in [7, 11) is 0. The molecule has 1 aliphatic carbocycles. The Balaban J connectivity index is 1.56. The number of likely N-dealkylation sites (tertiary alicyclic amines) is 1. The van der Waals surface area contributed by atoms with E-state index in [1.165, 1.54) is 6.42 Å². The maximum Gasteiger partial charge on any atom is 0.225 e. The van der Waals surface area contributed by atoms with Crippen LogP contribution in [0.4, 0.5) is 14.5 Å². The molecule has 0 spiro atoms. The molecular weight excluding hydrogens is 324 g/mol. The fourth-order valence-corrected chi connectivity index (χ4v) is 3.83. The van der Waals surface area contributed by atoms with E-state index in [0.717, 1.165) is 37.8 Å². The lowest BCUT2D eigenvalue weighted by molar-refractivity contribution is -0.137. The van der Waals surface area contributed by atoms with E-state index in [-0.39, 0.29) is 29.1 Å². The highest BCUT2D eigenvalue weighted by Crippen LogP contribution is 2.28. The van der Waals surface area contributed by atoms with E-state index in [4.69, 9.17) is 5.26 Å². The van der Waals surface area contributed by atoms with Crippen LogP contribution in [0.3, 0.4) is 0 Å². The Labute approximate surface area is 146 Å². The van der Waals surface area contributed by atoms with Crippen LogP contribution >= 0.6 is 0 Å². The zero-order valence-electron chi connectivity index (χ0n) is 14.2. The highest BCUT2D eigenvalue weighted by Gasteiger charge is 2.29. The van der Waals surface area contributed by atoms with Gasteiger partial charge in [-0.15, -0.1) is 0 Å². The van der Waals surface area contributed by atoms with Gasteiger partial charge in [-0.2, -0.15) is 5.26 Å². The number of benzene rings is 1. The van der Waals surface area contributed by atoms with E-state index in [2.05, 4.69) is 5.32 Å². The van der Waals surface area contributed by atoms with Crippen molar-refractivity contribution in [2.45, 2.75) is 51.0 Å². The average Bonchev–Trinajstić information content (AvgIpc) is 2.65.